The third-order valence-electron chi connectivity index (χ3n) is 3.95. The summed E-state index contributed by atoms with van der Waals surface area (Å²) in [5.41, 5.74) is 1.26. The second-order valence-electron chi connectivity index (χ2n) is 8.28. The van der Waals surface area contributed by atoms with Gasteiger partial charge in [-0.2, -0.15) is 0 Å². The molecule has 0 N–H and O–H groups in total. The molecule has 2 amide bonds. The summed E-state index contributed by atoms with van der Waals surface area (Å²) < 4.78 is 0. The van der Waals surface area contributed by atoms with Crippen molar-refractivity contribution in [2.75, 3.05) is 20.1 Å². The van der Waals surface area contributed by atoms with Crippen molar-refractivity contribution in [2.24, 2.45) is 10.8 Å². The van der Waals surface area contributed by atoms with Gasteiger partial charge in [-0.15, -0.1) is 0 Å². The lowest BCUT2D eigenvalue weighted by atomic mass is 9.77. The van der Waals surface area contributed by atoms with Gasteiger partial charge in [-0.3, -0.25) is 14.5 Å². The number of hydrogen-bond donors (Lipinski definition) is 0. The molecule has 0 bridgehead atoms. The van der Waals surface area contributed by atoms with Crippen molar-refractivity contribution in [3.05, 3.63) is 11.3 Å². The molecule has 0 aromatic rings. The molecule has 1 rings (SSSR count). The van der Waals surface area contributed by atoms with E-state index in [0.717, 1.165) is 24.1 Å². The van der Waals surface area contributed by atoms with Crippen LogP contribution < -0.4 is 0 Å². The first-order valence-corrected chi connectivity index (χ1v) is 8.22. The van der Waals surface area contributed by atoms with E-state index in [4.69, 9.17) is 0 Å². The molecule has 1 heterocycles. The first-order valence-electron chi connectivity index (χ1n) is 8.22. The average molecular weight is 308 g/mol. The van der Waals surface area contributed by atoms with E-state index < -0.39 is 0 Å². The summed E-state index contributed by atoms with van der Waals surface area (Å²) in [6.07, 6.45) is 1.82. The molecule has 0 aliphatic carbocycles. The molecule has 1 aliphatic heterocycles. The zero-order valence-electron chi connectivity index (χ0n) is 15.5. The third-order valence-corrected chi connectivity index (χ3v) is 3.95. The number of carbonyl (C=O) groups excluding carboxylic acids is 2. The number of likely N-dealkylation sites (N-methyl/N-ethyl adjacent to an activating group) is 1. The van der Waals surface area contributed by atoms with Gasteiger partial charge in [0.15, 0.2) is 0 Å². The standard InChI is InChI=1S/C18H32N2O2/c1-9-10-11-20-13(21)12-19(8)15(18(5,6)7)14(16(20)22)17(2,3)4/h9-12H2,1-8H3. The monoisotopic (exact) mass is 308 g/mol. The number of imide groups is 1. The lowest BCUT2D eigenvalue weighted by Crippen LogP contribution is -2.41. The first kappa shape index (κ1) is 18.7. The van der Waals surface area contributed by atoms with Gasteiger partial charge in [-0.25, -0.2) is 0 Å². The van der Waals surface area contributed by atoms with Crippen LogP contribution in [0.2, 0.25) is 0 Å². The van der Waals surface area contributed by atoms with E-state index in [0.29, 0.717) is 6.54 Å². The number of hydrogen-bond acceptors (Lipinski definition) is 3. The smallest absolute Gasteiger partial charge is 0.258 e. The van der Waals surface area contributed by atoms with E-state index >= 15 is 0 Å². The molecule has 0 spiro atoms. The van der Waals surface area contributed by atoms with Crippen LogP contribution in [-0.4, -0.2) is 41.8 Å². The molecule has 4 heteroatoms. The van der Waals surface area contributed by atoms with Crippen molar-refractivity contribution >= 4 is 11.8 Å². The van der Waals surface area contributed by atoms with Gasteiger partial charge in [0.25, 0.3) is 5.91 Å². The molecule has 0 atom stereocenters. The summed E-state index contributed by atoms with van der Waals surface area (Å²) in [5.74, 6) is -0.206. The summed E-state index contributed by atoms with van der Waals surface area (Å²) in [4.78, 5) is 29.1. The molecule has 22 heavy (non-hydrogen) atoms. The van der Waals surface area contributed by atoms with Crippen molar-refractivity contribution in [2.45, 2.75) is 61.3 Å². The van der Waals surface area contributed by atoms with Crippen LogP contribution >= 0.6 is 0 Å². The fraction of sp³-hybridized carbons (Fsp3) is 0.778. The van der Waals surface area contributed by atoms with Crippen LogP contribution in [0.5, 0.6) is 0 Å². The minimum atomic E-state index is -0.303. The molecule has 0 unspecified atom stereocenters. The van der Waals surface area contributed by atoms with Crippen LogP contribution in [-0.2, 0) is 9.59 Å². The maximum absolute atomic E-state index is 13.1. The van der Waals surface area contributed by atoms with E-state index in [1.54, 1.807) is 0 Å². The minimum Gasteiger partial charge on any atom is -0.368 e. The van der Waals surface area contributed by atoms with Gasteiger partial charge in [0, 0.05) is 30.3 Å². The molecule has 0 saturated carbocycles. The average Bonchev–Trinajstić information content (AvgIpc) is 2.41. The highest BCUT2D eigenvalue weighted by atomic mass is 16.2. The summed E-state index contributed by atoms with van der Waals surface area (Å²) >= 11 is 0. The van der Waals surface area contributed by atoms with E-state index in [2.05, 4.69) is 27.7 Å². The molecule has 0 aromatic carbocycles. The Hall–Kier alpha value is -1.32. The van der Waals surface area contributed by atoms with Crippen LogP contribution in [0.1, 0.15) is 61.3 Å². The molecule has 126 valence electrons. The van der Waals surface area contributed by atoms with Gasteiger partial charge in [-0.05, 0) is 11.8 Å². The Morgan fingerprint density at radius 1 is 1.00 bits per heavy atom. The van der Waals surface area contributed by atoms with Crippen molar-refractivity contribution in [3.63, 3.8) is 0 Å². The highest BCUT2D eigenvalue weighted by Crippen LogP contribution is 2.40. The van der Waals surface area contributed by atoms with Crippen LogP contribution in [0.15, 0.2) is 11.3 Å². The van der Waals surface area contributed by atoms with E-state index in [-0.39, 0.29) is 29.2 Å². The number of allylic oxidation sites excluding steroid dienone is 1. The molecular weight excluding hydrogens is 276 g/mol. The van der Waals surface area contributed by atoms with E-state index in [1.165, 1.54) is 4.90 Å². The number of amides is 2. The Kier molecular flexibility index (Phi) is 5.47. The number of rotatable bonds is 3. The second-order valence-corrected chi connectivity index (χ2v) is 8.28. The van der Waals surface area contributed by atoms with E-state index in [9.17, 15) is 9.59 Å². The fourth-order valence-corrected chi connectivity index (χ4v) is 3.07. The van der Waals surface area contributed by atoms with Crippen molar-refractivity contribution in [3.8, 4) is 0 Å². The summed E-state index contributed by atoms with van der Waals surface area (Å²) in [5, 5.41) is 0. The predicted molar refractivity (Wildman–Crippen MR) is 90.2 cm³/mol. The molecule has 0 aromatic heterocycles. The molecule has 0 radical (unpaired) electrons. The minimum absolute atomic E-state index is 0.0954. The van der Waals surface area contributed by atoms with Crippen LogP contribution in [0.25, 0.3) is 0 Å². The lowest BCUT2D eigenvalue weighted by molar-refractivity contribution is -0.142. The largest absolute Gasteiger partial charge is 0.368 e. The quantitative estimate of drug-likeness (QED) is 0.750. The Morgan fingerprint density at radius 2 is 1.55 bits per heavy atom. The second kappa shape index (κ2) is 6.43. The topological polar surface area (TPSA) is 40.6 Å². The maximum Gasteiger partial charge on any atom is 0.258 e. The van der Waals surface area contributed by atoms with Gasteiger partial charge in [0.1, 0.15) is 0 Å². The maximum atomic E-state index is 13.1. The number of unbranched alkanes of at least 4 members (excludes halogenated alkanes) is 1. The van der Waals surface area contributed by atoms with Gasteiger partial charge in [0.2, 0.25) is 5.91 Å². The SMILES string of the molecule is CCCCN1C(=O)CN(C)C(C(C)(C)C)=C(C(C)(C)C)C1=O. The lowest BCUT2D eigenvalue weighted by Gasteiger charge is -2.36. The van der Waals surface area contributed by atoms with Crippen molar-refractivity contribution in [1.29, 1.82) is 0 Å². The summed E-state index contributed by atoms with van der Waals surface area (Å²) in [6.45, 7) is 15.3. The van der Waals surface area contributed by atoms with Crippen LogP contribution in [0.4, 0.5) is 0 Å². The van der Waals surface area contributed by atoms with Crippen LogP contribution in [0.3, 0.4) is 0 Å². The molecular formula is C18H32N2O2. The molecule has 0 saturated heterocycles. The van der Waals surface area contributed by atoms with Crippen molar-refractivity contribution < 1.29 is 9.59 Å². The Labute approximate surface area is 135 Å². The molecule has 0 fully saturated rings. The third kappa shape index (κ3) is 3.90. The number of nitrogens with zero attached hydrogens (tertiary/aromatic N) is 2. The van der Waals surface area contributed by atoms with Gasteiger partial charge < -0.3 is 4.90 Å². The first-order chi connectivity index (χ1) is 9.91. The zero-order valence-corrected chi connectivity index (χ0v) is 15.5. The molecule has 4 nitrogen and oxygen atoms in total. The van der Waals surface area contributed by atoms with Crippen LogP contribution in [0, 0.1) is 10.8 Å². The van der Waals surface area contributed by atoms with E-state index in [1.807, 2.05) is 32.7 Å². The highest BCUT2D eigenvalue weighted by molar-refractivity contribution is 6.07. The van der Waals surface area contributed by atoms with Gasteiger partial charge >= 0.3 is 0 Å². The Bertz CT molecular complexity index is 478. The summed E-state index contributed by atoms with van der Waals surface area (Å²) in [7, 11) is 1.92. The molecule has 1 aliphatic rings. The number of carbonyl (C=O) groups is 2. The predicted octanol–water partition coefficient (Wildman–Crippen LogP) is 3.43. The normalized spacial score (nSPS) is 18.2. The summed E-state index contributed by atoms with van der Waals surface area (Å²) in [6, 6.07) is 0. The highest BCUT2D eigenvalue weighted by Gasteiger charge is 2.41. The van der Waals surface area contributed by atoms with Gasteiger partial charge in [-0.1, -0.05) is 54.9 Å². The Morgan fingerprint density at radius 3 is 1.95 bits per heavy atom. The van der Waals surface area contributed by atoms with Gasteiger partial charge in [0.05, 0.1) is 6.54 Å². The Balaban J connectivity index is 3.50. The zero-order chi connectivity index (χ0) is 17.3. The van der Waals surface area contributed by atoms with Crippen molar-refractivity contribution in [1.82, 2.24) is 9.80 Å². The fourth-order valence-electron chi connectivity index (χ4n) is 3.07.